The van der Waals surface area contributed by atoms with Gasteiger partial charge in [-0.25, -0.2) is 8.78 Å². The van der Waals surface area contributed by atoms with Gasteiger partial charge in [0.25, 0.3) is 0 Å². The zero-order valence-electron chi connectivity index (χ0n) is 11.8. The number of likely N-dealkylation sites (N-methyl/N-ethyl adjacent to an activating group) is 1. The van der Waals surface area contributed by atoms with Crippen molar-refractivity contribution < 1.29 is 13.5 Å². The van der Waals surface area contributed by atoms with Gasteiger partial charge < -0.3 is 4.74 Å². The first-order valence-corrected chi connectivity index (χ1v) is 7.06. The molecule has 0 aromatic heterocycles. The molecule has 1 aromatic carbocycles. The summed E-state index contributed by atoms with van der Waals surface area (Å²) < 4.78 is 32.5. The Bertz CT molecular complexity index is 556. The zero-order valence-corrected chi connectivity index (χ0v) is 11.8. The van der Waals surface area contributed by atoms with E-state index in [0.29, 0.717) is 17.6 Å². The first kappa shape index (κ1) is 13.6. The van der Waals surface area contributed by atoms with Crippen LogP contribution in [0.5, 0.6) is 5.75 Å². The van der Waals surface area contributed by atoms with Gasteiger partial charge in [0, 0.05) is 23.7 Å². The van der Waals surface area contributed by atoms with E-state index in [2.05, 4.69) is 18.0 Å². The molecular weight excluding hydrogens is 260 g/mol. The predicted octanol–water partition coefficient (Wildman–Crippen LogP) is 3.61. The molecule has 4 heteroatoms. The lowest BCUT2D eigenvalue weighted by molar-refractivity contribution is 0.137. The maximum absolute atomic E-state index is 13.8. The summed E-state index contributed by atoms with van der Waals surface area (Å²) in [6.45, 7) is 0. The minimum atomic E-state index is -0.632. The van der Waals surface area contributed by atoms with Gasteiger partial charge in [0.2, 0.25) is 0 Å². The summed E-state index contributed by atoms with van der Waals surface area (Å²) in [7, 11) is 3.56. The van der Waals surface area contributed by atoms with E-state index >= 15 is 0 Å². The van der Waals surface area contributed by atoms with Gasteiger partial charge in [-0.15, -0.1) is 0 Å². The number of fused-ring (bicyclic) bond motifs is 2. The van der Waals surface area contributed by atoms with Crippen molar-refractivity contribution in [2.45, 2.75) is 37.8 Å². The van der Waals surface area contributed by atoms with Crippen molar-refractivity contribution in [1.82, 2.24) is 4.90 Å². The number of rotatable bonds is 2. The van der Waals surface area contributed by atoms with Gasteiger partial charge in [0.15, 0.2) is 11.6 Å². The van der Waals surface area contributed by atoms with Crippen molar-refractivity contribution >= 4 is 5.57 Å². The summed E-state index contributed by atoms with van der Waals surface area (Å²) in [5.74, 6) is -1.03. The molecule has 1 fully saturated rings. The maximum atomic E-state index is 13.8. The number of piperidine rings is 1. The van der Waals surface area contributed by atoms with Crippen LogP contribution in [0.2, 0.25) is 0 Å². The van der Waals surface area contributed by atoms with Crippen LogP contribution in [0.25, 0.3) is 5.57 Å². The highest BCUT2D eigenvalue weighted by molar-refractivity contribution is 5.72. The molecule has 2 aliphatic rings. The van der Waals surface area contributed by atoms with Crippen LogP contribution < -0.4 is 4.74 Å². The molecule has 2 aliphatic heterocycles. The van der Waals surface area contributed by atoms with Gasteiger partial charge in [0.1, 0.15) is 5.82 Å². The predicted molar refractivity (Wildman–Crippen MR) is 74.7 cm³/mol. The number of methoxy groups -OCH3 is 1. The van der Waals surface area contributed by atoms with Crippen LogP contribution in [-0.2, 0) is 0 Å². The largest absolute Gasteiger partial charge is 0.493 e. The Morgan fingerprint density at radius 1 is 1.25 bits per heavy atom. The number of hydrogen-bond donors (Lipinski definition) is 0. The van der Waals surface area contributed by atoms with Crippen LogP contribution in [0, 0.1) is 11.6 Å². The standard InChI is InChI=1S/C16H19F2NO/c1-19-12-4-3-5-13(19)7-10(6-12)14-8-11(17)9-15(18)16(14)20-2/h6,8-9,12-13H,3-5,7H2,1-2H3. The van der Waals surface area contributed by atoms with Gasteiger partial charge in [-0.05, 0) is 37.9 Å². The van der Waals surface area contributed by atoms with E-state index in [4.69, 9.17) is 4.74 Å². The van der Waals surface area contributed by atoms with E-state index in [-0.39, 0.29) is 5.75 Å². The quantitative estimate of drug-likeness (QED) is 0.820. The van der Waals surface area contributed by atoms with Crippen molar-refractivity contribution in [3.8, 4) is 5.75 Å². The summed E-state index contributed by atoms with van der Waals surface area (Å²) in [4.78, 5) is 2.37. The van der Waals surface area contributed by atoms with E-state index in [1.165, 1.54) is 19.6 Å². The van der Waals surface area contributed by atoms with Crippen molar-refractivity contribution in [1.29, 1.82) is 0 Å². The highest BCUT2D eigenvalue weighted by atomic mass is 19.1. The molecule has 2 heterocycles. The Morgan fingerprint density at radius 3 is 2.75 bits per heavy atom. The molecule has 3 rings (SSSR count). The van der Waals surface area contributed by atoms with E-state index in [1.54, 1.807) is 0 Å². The first-order chi connectivity index (χ1) is 9.60. The normalized spacial score (nSPS) is 26.3. The van der Waals surface area contributed by atoms with E-state index in [9.17, 15) is 8.78 Å². The molecule has 0 spiro atoms. The summed E-state index contributed by atoms with van der Waals surface area (Å²) in [6.07, 6.45) is 6.44. The molecule has 2 bridgehead atoms. The van der Waals surface area contributed by atoms with Gasteiger partial charge in [0.05, 0.1) is 7.11 Å². The van der Waals surface area contributed by atoms with Crippen molar-refractivity contribution in [3.63, 3.8) is 0 Å². The smallest absolute Gasteiger partial charge is 0.168 e. The Hall–Kier alpha value is -1.42. The first-order valence-electron chi connectivity index (χ1n) is 7.06. The molecule has 0 saturated carbocycles. The highest BCUT2D eigenvalue weighted by Crippen LogP contribution is 2.39. The molecule has 0 amide bonds. The van der Waals surface area contributed by atoms with Crippen LogP contribution in [0.15, 0.2) is 18.2 Å². The number of nitrogens with zero attached hydrogens (tertiary/aromatic N) is 1. The van der Waals surface area contributed by atoms with Gasteiger partial charge in [-0.3, -0.25) is 4.90 Å². The monoisotopic (exact) mass is 279 g/mol. The topological polar surface area (TPSA) is 12.5 Å². The third-order valence-electron chi connectivity index (χ3n) is 4.54. The zero-order chi connectivity index (χ0) is 14.3. The number of benzene rings is 1. The third-order valence-corrected chi connectivity index (χ3v) is 4.54. The Labute approximate surface area is 118 Å². The average molecular weight is 279 g/mol. The van der Waals surface area contributed by atoms with Crippen LogP contribution in [-0.4, -0.2) is 31.1 Å². The fourth-order valence-electron chi connectivity index (χ4n) is 3.45. The summed E-state index contributed by atoms with van der Waals surface area (Å²) in [6, 6.07) is 3.09. The third kappa shape index (κ3) is 2.22. The second-order valence-corrected chi connectivity index (χ2v) is 5.68. The van der Waals surface area contributed by atoms with Crippen molar-refractivity contribution in [3.05, 3.63) is 35.4 Å². The summed E-state index contributed by atoms with van der Waals surface area (Å²) in [5.41, 5.74) is 1.57. The molecule has 2 unspecified atom stereocenters. The van der Waals surface area contributed by atoms with Crippen LogP contribution in [0.4, 0.5) is 8.78 Å². The molecule has 20 heavy (non-hydrogen) atoms. The summed E-state index contributed by atoms with van der Waals surface area (Å²) >= 11 is 0. The minimum Gasteiger partial charge on any atom is -0.493 e. The highest BCUT2D eigenvalue weighted by Gasteiger charge is 2.32. The molecule has 0 radical (unpaired) electrons. The fourth-order valence-corrected chi connectivity index (χ4v) is 3.45. The van der Waals surface area contributed by atoms with Crippen LogP contribution in [0.3, 0.4) is 0 Å². The van der Waals surface area contributed by atoms with E-state index < -0.39 is 11.6 Å². The lowest BCUT2D eigenvalue weighted by Gasteiger charge is -2.43. The van der Waals surface area contributed by atoms with Crippen molar-refractivity contribution in [2.75, 3.05) is 14.2 Å². The molecule has 2 atom stereocenters. The molecule has 1 aromatic rings. The minimum absolute atomic E-state index is 0.153. The second-order valence-electron chi connectivity index (χ2n) is 5.68. The van der Waals surface area contributed by atoms with E-state index in [0.717, 1.165) is 30.9 Å². The number of hydrogen-bond acceptors (Lipinski definition) is 2. The van der Waals surface area contributed by atoms with Crippen molar-refractivity contribution in [2.24, 2.45) is 0 Å². The second kappa shape index (κ2) is 5.17. The lowest BCUT2D eigenvalue weighted by Crippen LogP contribution is -2.45. The molecule has 108 valence electrons. The SMILES string of the molecule is COc1c(F)cc(F)cc1C1=CC2CCCC(C1)N2C. The Kier molecular flexibility index (Phi) is 3.50. The van der Waals surface area contributed by atoms with Crippen LogP contribution >= 0.6 is 0 Å². The lowest BCUT2D eigenvalue weighted by atomic mass is 9.83. The molecule has 0 aliphatic carbocycles. The molecular formula is C16H19F2NO. The maximum Gasteiger partial charge on any atom is 0.168 e. The average Bonchev–Trinajstić information content (AvgIpc) is 2.37. The fraction of sp³-hybridized carbons (Fsp3) is 0.500. The Morgan fingerprint density at radius 2 is 2.05 bits per heavy atom. The van der Waals surface area contributed by atoms with Gasteiger partial charge in [-0.2, -0.15) is 0 Å². The molecule has 2 nitrogen and oxygen atoms in total. The summed E-state index contributed by atoms with van der Waals surface area (Å²) in [5, 5.41) is 0. The molecule has 0 N–H and O–H groups in total. The van der Waals surface area contributed by atoms with Gasteiger partial charge >= 0.3 is 0 Å². The number of halogens is 2. The van der Waals surface area contributed by atoms with Gasteiger partial charge in [-0.1, -0.05) is 12.5 Å². The van der Waals surface area contributed by atoms with E-state index in [1.807, 2.05) is 0 Å². The number of ether oxygens (including phenoxy) is 1. The molecule has 1 saturated heterocycles. The Balaban J connectivity index is 2.05. The van der Waals surface area contributed by atoms with Crippen LogP contribution in [0.1, 0.15) is 31.2 Å².